The first-order valence-corrected chi connectivity index (χ1v) is 10.7. The molecule has 1 saturated heterocycles. The third-order valence-corrected chi connectivity index (χ3v) is 6.43. The number of benzene rings is 2. The number of para-hydroxylation sites is 1. The van der Waals surface area contributed by atoms with Crippen molar-refractivity contribution in [1.82, 2.24) is 9.80 Å². The van der Waals surface area contributed by atoms with E-state index in [1.165, 1.54) is 5.56 Å². The summed E-state index contributed by atoms with van der Waals surface area (Å²) in [5.41, 5.74) is 3.05. The summed E-state index contributed by atoms with van der Waals surface area (Å²) in [4.78, 5) is 10.7. The zero-order chi connectivity index (χ0) is 19.7. The third kappa shape index (κ3) is 3.65. The van der Waals surface area contributed by atoms with Gasteiger partial charge in [0.05, 0.1) is 11.6 Å². The normalized spacial score (nSPS) is 27.8. The Balaban J connectivity index is 1.25. The molecule has 2 atom stereocenters. The monoisotopic (exact) mass is 391 g/mol. The predicted octanol–water partition coefficient (Wildman–Crippen LogP) is 3.35. The first-order valence-electron chi connectivity index (χ1n) is 10.7. The van der Waals surface area contributed by atoms with Crippen molar-refractivity contribution in [2.75, 3.05) is 46.4 Å². The van der Waals surface area contributed by atoms with Gasteiger partial charge in [-0.3, -0.25) is 0 Å². The van der Waals surface area contributed by atoms with Gasteiger partial charge in [-0.05, 0) is 31.2 Å². The maximum atomic E-state index is 6.48. The number of hydrogen-bond donors (Lipinski definition) is 0. The van der Waals surface area contributed by atoms with Crippen LogP contribution in [0, 0.1) is 5.92 Å². The molecule has 0 amide bonds. The molecule has 29 heavy (non-hydrogen) atoms. The van der Waals surface area contributed by atoms with E-state index in [2.05, 4.69) is 52.3 Å². The molecule has 5 nitrogen and oxygen atoms in total. The Hall–Kier alpha value is -2.37. The Morgan fingerprint density at radius 1 is 1.03 bits per heavy atom. The van der Waals surface area contributed by atoms with E-state index in [0.29, 0.717) is 6.61 Å². The van der Waals surface area contributed by atoms with E-state index in [9.17, 15) is 0 Å². The first kappa shape index (κ1) is 18.6. The Kier molecular flexibility index (Phi) is 5.02. The van der Waals surface area contributed by atoms with Crippen molar-refractivity contribution in [3.63, 3.8) is 0 Å². The summed E-state index contributed by atoms with van der Waals surface area (Å²) in [5, 5.41) is 4.62. The maximum Gasteiger partial charge on any atom is 0.143 e. The molecule has 2 unspecified atom stereocenters. The molecular weight excluding hydrogens is 362 g/mol. The fraction of sp³-hybridized carbons (Fsp3) is 0.458. The summed E-state index contributed by atoms with van der Waals surface area (Å²) in [6.45, 7) is 6.35. The summed E-state index contributed by atoms with van der Waals surface area (Å²) in [7, 11) is 2.19. The van der Waals surface area contributed by atoms with Crippen molar-refractivity contribution in [3.05, 3.63) is 65.7 Å². The minimum absolute atomic E-state index is 0.262. The molecule has 0 bridgehead atoms. The Morgan fingerprint density at radius 2 is 1.79 bits per heavy atom. The minimum atomic E-state index is -0.280. The van der Waals surface area contributed by atoms with E-state index in [0.717, 1.165) is 62.6 Å². The van der Waals surface area contributed by atoms with E-state index in [1.54, 1.807) is 0 Å². The van der Waals surface area contributed by atoms with Gasteiger partial charge >= 0.3 is 0 Å². The fourth-order valence-corrected chi connectivity index (χ4v) is 4.58. The second kappa shape index (κ2) is 7.81. The molecule has 2 fully saturated rings. The second-order valence-electron chi connectivity index (χ2n) is 8.42. The molecule has 0 aromatic heterocycles. The number of hydrogen-bond acceptors (Lipinski definition) is 5. The highest BCUT2D eigenvalue weighted by Gasteiger charge is 2.64. The SMILES string of the molecule is CN1CCN(CCCON=C2c3ccccc3OC3(c4ccccc4)CC23)CC1. The van der Waals surface area contributed by atoms with Gasteiger partial charge in [0.25, 0.3) is 0 Å². The van der Waals surface area contributed by atoms with Crippen LogP contribution in [-0.4, -0.2) is 61.9 Å². The quantitative estimate of drug-likeness (QED) is 0.559. The fourth-order valence-electron chi connectivity index (χ4n) is 4.58. The van der Waals surface area contributed by atoms with Crippen LogP contribution in [0.5, 0.6) is 5.75 Å². The number of fused-ring (bicyclic) bond motifs is 2. The number of ether oxygens (including phenoxy) is 1. The second-order valence-corrected chi connectivity index (χ2v) is 8.42. The van der Waals surface area contributed by atoms with Crippen LogP contribution >= 0.6 is 0 Å². The molecule has 2 aromatic rings. The van der Waals surface area contributed by atoms with Crippen molar-refractivity contribution in [2.45, 2.75) is 18.4 Å². The van der Waals surface area contributed by atoms with Crippen LogP contribution in [0.15, 0.2) is 59.8 Å². The van der Waals surface area contributed by atoms with E-state index in [4.69, 9.17) is 9.57 Å². The molecule has 2 aromatic carbocycles. The van der Waals surface area contributed by atoms with Gasteiger partial charge in [0.15, 0.2) is 0 Å². The van der Waals surface area contributed by atoms with E-state index >= 15 is 0 Å². The summed E-state index contributed by atoms with van der Waals surface area (Å²) in [6.07, 6.45) is 1.96. The maximum absolute atomic E-state index is 6.48. The average Bonchev–Trinajstić information content (AvgIpc) is 3.50. The van der Waals surface area contributed by atoms with Crippen LogP contribution in [-0.2, 0) is 10.4 Å². The van der Waals surface area contributed by atoms with Gasteiger partial charge in [0, 0.05) is 44.7 Å². The zero-order valence-electron chi connectivity index (χ0n) is 17.1. The highest BCUT2D eigenvalue weighted by atomic mass is 16.6. The smallest absolute Gasteiger partial charge is 0.143 e. The van der Waals surface area contributed by atoms with Gasteiger partial charge in [-0.2, -0.15) is 0 Å². The summed E-state index contributed by atoms with van der Waals surface area (Å²) in [6, 6.07) is 18.7. The Morgan fingerprint density at radius 3 is 2.62 bits per heavy atom. The molecule has 5 heteroatoms. The molecular formula is C24H29N3O2. The van der Waals surface area contributed by atoms with Gasteiger partial charge in [-0.25, -0.2) is 0 Å². The van der Waals surface area contributed by atoms with E-state index in [1.807, 2.05) is 24.3 Å². The lowest BCUT2D eigenvalue weighted by Crippen LogP contribution is -2.44. The summed E-state index contributed by atoms with van der Waals surface area (Å²) >= 11 is 0. The number of rotatable bonds is 6. The number of nitrogens with zero attached hydrogens (tertiary/aromatic N) is 3. The van der Waals surface area contributed by atoms with Gasteiger partial charge in [0.2, 0.25) is 0 Å². The lowest BCUT2D eigenvalue weighted by Gasteiger charge is -2.32. The molecule has 3 aliphatic rings. The highest BCUT2D eigenvalue weighted by Crippen LogP contribution is 2.60. The number of oxime groups is 1. The van der Waals surface area contributed by atoms with Crippen molar-refractivity contribution in [3.8, 4) is 5.75 Å². The molecule has 1 aliphatic carbocycles. The molecule has 1 saturated carbocycles. The molecule has 0 radical (unpaired) electrons. The van der Waals surface area contributed by atoms with E-state index in [-0.39, 0.29) is 11.5 Å². The Bertz CT molecular complexity index is 877. The third-order valence-electron chi connectivity index (χ3n) is 6.43. The van der Waals surface area contributed by atoms with Crippen LogP contribution in [0.25, 0.3) is 0 Å². The lowest BCUT2D eigenvalue weighted by molar-refractivity contribution is 0.109. The lowest BCUT2D eigenvalue weighted by atomic mass is 9.96. The molecule has 5 rings (SSSR count). The summed E-state index contributed by atoms with van der Waals surface area (Å²) in [5.74, 6) is 1.17. The number of piperazine rings is 1. The van der Waals surface area contributed by atoms with Crippen LogP contribution in [0.1, 0.15) is 24.0 Å². The topological polar surface area (TPSA) is 37.3 Å². The molecule has 2 aliphatic heterocycles. The van der Waals surface area contributed by atoms with Gasteiger partial charge in [-0.15, -0.1) is 0 Å². The van der Waals surface area contributed by atoms with Crippen molar-refractivity contribution < 1.29 is 9.57 Å². The highest BCUT2D eigenvalue weighted by molar-refractivity contribution is 6.08. The van der Waals surface area contributed by atoms with Crippen molar-refractivity contribution in [2.24, 2.45) is 11.1 Å². The summed E-state index contributed by atoms with van der Waals surface area (Å²) < 4.78 is 6.48. The molecule has 0 N–H and O–H groups in total. The number of likely N-dealkylation sites (N-methyl/N-ethyl adjacent to an activating group) is 1. The van der Waals surface area contributed by atoms with Gasteiger partial charge in [0.1, 0.15) is 18.0 Å². The van der Waals surface area contributed by atoms with Crippen molar-refractivity contribution in [1.29, 1.82) is 0 Å². The zero-order valence-corrected chi connectivity index (χ0v) is 17.1. The standard InChI is InChI=1S/C24H29N3O2/c1-26-13-15-27(16-14-26)12-7-17-28-25-23-20-10-5-6-11-22(20)29-24(18-21(23)24)19-8-3-2-4-9-19/h2-6,8-11,21H,7,12-18H2,1H3. The van der Waals surface area contributed by atoms with Crippen molar-refractivity contribution >= 4 is 5.71 Å². The van der Waals surface area contributed by atoms with Crippen LogP contribution in [0.3, 0.4) is 0 Å². The van der Waals surface area contributed by atoms with Crippen LogP contribution in [0.4, 0.5) is 0 Å². The minimum Gasteiger partial charge on any atom is -0.481 e. The predicted molar refractivity (Wildman–Crippen MR) is 114 cm³/mol. The van der Waals surface area contributed by atoms with Gasteiger partial charge < -0.3 is 19.4 Å². The van der Waals surface area contributed by atoms with E-state index < -0.39 is 0 Å². The average molecular weight is 392 g/mol. The molecule has 0 spiro atoms. The molecule has 152 valence electrons. The Labute approximate surface area is 172 Å². The van der Waals surface area contributed by atoms with Gasteiger partial charge in [-0.1, -0.05) is 47.6 Å². The van der Waals surface area contributed by atoms with Crippen LogP contribution < -0.4 is 4.74 Å². The first-order chi connectivity index (χ1) is 14.3. The van der Waals surface area contributed by atoms with Crippen LogP contribution in [0.2, 0.25) is 0 Å². The molecule has 2 heterocycles. The largest absolute Gasteiger partial charge is 0.481 e.